The van der Waals surface area contributed by atoms with Gasteiger partial charge in [-0.25, -0.2) is 0 Å². The molecule has 1 saturated heterocycles. The zero-order chi connectivity index (χ0) is 20.1. The number of amides is 1. The standard InChI is InChI=1S/C23H29BrN2O2/c1-16-5-4-12-26(14-16)20-8-6-19(7-9-20)18(3)25-23(27)15-28-21-10-11-22(24)17(2)13-21/h6-11,13,16,18H,4-5,12,14-15H2,1-3H3,(H,25,27). The zero-order valence-electron chi connectivity index (χ0n) is 16.9. The molecule has 0 bridgehead atoms. The third-order valence-electron chi connectivity index (χ3n) is 5.29. The van der Waals surface area contributed by atoms with Crippen molar-refractivity contribution >= 4 is 27.5 Å². The minimum Gasteiger partial charge on any atom is -0.484 e. The van der Waals surface area contributed by atoms with Crippen LogP contribution in [0.15, 0.2) is 46.9 Å². The summed E-state index contributed by atoms with van der Waals surface area (Å²) < 4.78 is 6.64. The van der Waals surface area contributed by atoms with Crippen LogP contribution >= 0.6 is 15.9 Å². The maximum Gasteiger partial charge on any atom is 0.258 e. The van der Waals surface area contributed by atoms with Gasteiger partial charge in [-0.3, -0.25) is 4.79 Å². The highest BCUT2D eigenvalue weighted by atomic mass is 79.9. The first-order valence-corrected chi connectivity index (χ1v) is 10.7. The van der Waals surface area contributed by atoms with E-state index < -0.39 is 0 Å². The summed E-state index contributed by atoms with van der Waals surface area (Å²) in [5.74, 6) is 1.33. The predicted octanol–water partition coefficient (Wildman–Crippen LogP) is 5.25. The molecule has 1 fully saturated rings. The number of ether oxygens (including phenoxy) is 1. The Morgan fingerprint density at radius 3 is 2.71 bits per heavy atom. The van der Waals surface area contributed by atoms with Gasteiger partial charge >= 0.3 is 0 Å². The quantitative estimate of drug-likeness (QED) is 0.661. The van der Waals surface area contributed by atoms with Gasteiger partial charge in [-0.05, 0) is 74.1 Å². The van der Waals surface area contributed by atoms with Gasteiger partial charge < -0.3 is 15.0 Å². The zero-order valence-corrected chi connectivity index (χ0v) is 18.5. The van der Waals surface area contributed by atoms with Gasteiger partial charge in [0.15, 0.2) is 6.61 Å². The molecule has 0 saturated carbocycles. The number of hydrogen-bond acceptors (Lipinski definition) is 3. The third kappa shape index (κ3) is 5.51. The summed E-state index contributed by atoms with van der Waals surface area (Å²) in [6.45, 7) is 8.57. The van der Waals surface area contributed by atoms with Gasteiger partial charge in [-0.15, -0.1) is 0 Å². The van der Waals surface area contributed by atoms with E-state index in [-0.39, 0.29) is 18.6 Å². The molecule has 4 nitrogen and oxygen atoms in total. The van der Waals surface area contributed by atoms with Crippen LogP contribution < -0.4 is 15.0 Å². The Hall–Kier alpha value is -2.01. The number of anilines is 1. The topological polar surface area (TPSA) is 41.6 Å². The third-order valence-corrected chi connectivity index (χ3v) is 6.18. The molecule has 2 atom stereocenters. The van der Waals surface area contributed by atoms with E-state index in [1.54, 1.807) is 0 Å². The highest BCUT2D eigenvalue weighted by Crippen LogP contribution is 2.25. The number of nitrogens with one attached hydrogen (secondary N) is 1. The van der Waals surface area contributed by atoms with E-state index in [4.69, 9.17) is 4.74 Å². The second kappa shape index (κ2) is 9.46. The Bertz CT molecular complexity index is 807. The van der Waals surface area contributed by atoms with Crippen molar-refractivity contribution in [2.24, 2.45) is 5.92 Å². The normalized spacial score (nSPS) is 17.9. The number of carbonyl (C=O) groups excluding carboxylic acids is 1. The predicted molar refractivity (Wildman–Crippen MR) is 118 cm³/mol. The molecule has 2 aromatic rings. The number of rotatable bonds is 6. The Kier molecular flexibility index (Phi) is 7.00. The second-order valence-corrected chi connectivity index (χ2v) is 8.63. The largest absolute Gasteiger partial charge is 0.484 e. The van der Waals surface area contributed by atoms with E-state index >= 15 is 0 Å². The van der Waals surface area contributed by atoms with E-state index in [2.05, 4.69) is 57.3 Å². The van der Waals surface area contributed by atoms with Crippen LogP contribution in [-0.4, -0.2) is 25.6 Å². The number of carbonyl (C=O) groups is 1. The Balaban J connectivity index is 1.51. The summed E-state index contributed by atoms with van der Waals surface area (Å²) in [6, 6.07) is 14.2. The van der Waals surface area contributed by atoms with Crippen LogP contribution in [0.4, 0.5) is 5.69 Å². The van der Waals surface area contributed by atoms with Crippen molar-refractivity contribution in [1.82, 2.24) is 5.32 Å². The van der Waals surface area contributed by atoms with Crippen molar-refractivity contribution in [3.05, 3.63) is 58.1 Å². The summed E-state index contributed by atoms with van der Waals surface area (Å²) in [5, 5.41) is 3.01. The van der Waals surface area contributed by atoms with Gasteiger partial charge in [0, 0.05) is 23.2 Å². The SMILES string of the molecule is Cc1cc(OCC(=O)NC(C)c2ccc(N3CCCC(C)C3)cc2)ccc1Br. The molecule has 1 heterocycles. The number of nitrogens with zero attached hydrogens (tertiary/aromatic N) is 1. The highest BCUT2D eigenvalue weighted by molar-refractivity contribution is 9.10. The van der Waals surface area contributed by atoms with Gasteiger partial charge in [0.05, 0.1) is 6.04 Å². The monoisotopic (exact) mass is 444 g/mol. The van der Waals surface area contributed by atoms with Crippen LogP contribution in [0.25, 0.3) is 0 Å². The summed E-state index contributed by atoms with van der Waals surface area (Å²) in [4.78, 5) is 14.7. The lowest BCUT2D eigenvalue weighted by molar-refractivity contribution is -0.123. The molecule has 28 heavy (non-hydrogen) atoms. The van der Waals surface area contributed by atoms with Gasteiger partial charge in [0.2, 0.25) is 0 Å². The molecule has 5 heteroatoms. The molecule has 2 unspecified atom stereocenters. The van der Waals surface area contributed by atoms with E-state index in [9.17, 15) is 4.79 Å². The van der Waals surface area contributed by atoms with E-state index in [0.29, 0.717) is 5.75 Å². The van der Waals surface area contributed by atoms with Crippen molar-refractivity contribution in [2.75, 3.05) is 24.6 Å². The maximum absolute atomic E-state index is 12.2. The molecule has 3 rings (SSSR count). The van der Waals surface area contributed by atoms with Crippen molar-refractivity contribution in [1.29, 1.82) is 0 Å². The lowest BCUT2D eigenvalue weighted by atomic mass is 9.99. The number of halogens is 1. The van der Waals surface area contributed by atoms with Crippen LogP contribution in [0.3, 0.4) is 0 Å². The lowest BCUT2D eigenvalue weighted by Gasteiger charge is -2.33. The van der Waals surface area contributed by atoms with E-state index in [0.717, 1.165) is 34.6 Å². The molecule has 150 valence electrons. The van der Waals surface area contributed by atoms with Crippen LogP contribution in [0, 0.1) is 12.8 Å². The molecular formula is C23H29BrN2O2. The van der Waals surface area contributed by atoms with Gasteiger partial charge in [-0.1, -0.05) is 35.0 Å². The summed E-state index contributed by atoms with van der Waals surface area (Å²) in [5.41, 5.74) is 3.44. The minimum absolute atomic E-state index is 0.00909. The molecular weight excluding hydrogens is 416 g/mol. The van der Waals surface area contributed by atoms with E-state index in [1.807, 2.05) is 32.0 Å². The summed E-state index contributed by atoms with van der Waals surface area (Å²) in [7, 11) is 0. The maximum atomic E-state index is 12.2. The van der Waals surface area contributed by atoms with Crippen molar-refractivity contribution in [3.63, 3.8) is 0 Å². The van der Waals surface area contributed by atoms with Gasteiger partial charge in [0.25, 0.3) is 5.91 Å². The number of hydrogen-bond donors (Lipinski definition) is 1. The first kappa shape index (κ1) is 20.7. The molecule has 0 aliphatic carbocycles. The summed E-state index contributed by atoms with van der Waals surface area (Å²) >= 11 is 3.46. The Labute approximate surface area is 176 Å². The molecule has 0 spiro atoms. The first-order valence-electron chi connectivity index (χ1n) is 9.95. The highest BCUT2D eigenvalue weighted by Gasteiger charge is 2.17. The van der Waals surface area contributed by atoms with Crippen LogP contribution in [0.2, 0.25) is 0 Å². The van der Waals surface area contributed by atoms with E-state index in [1.165, 1.54) is 18.5 Å². The number of benzene rings is 2. The fraction of sp³-hybridized carbons (Fsp3) is 0.435. The Morgan fingerprint density at radius 1 is 1.29 bits per heavy atom. The average molecular weight is 445 g/mol. The fourth-order valence-electron chi connectivity index (χ4n) is 3.62. The molecule has 1 aliphatic heterocycles. The average Bonchev–Trinajstić information content (AvgIpc) is 2.69. The molecule has 1 amide bonds. The van der Waals surface area contributed by atoms with Crippen LogP contribution in [0.5, 0.6) is 5.75 Å². The second-order valence-electron chi connectivity index (χ2n) is 7.77. The summed E-state index contributed by atoms with van der Waals surface area (Å²) in [6.07, 6.45) is 2.58. The first-order chi connectivity index (χ1) is 13.4. The Morgan fingerprint density at radius 2 is 2.04 bits per heavy atom. The van der Waals surface area contributed by atoms with Crippen molar-refractivity contribution in [2.45, 2.75) is 39.7 Å². The number of piperidine rings is 1. The molecule has 1 N–H and O–H groups in total. The smallest absolute Gasteiger partial charge is 0.258 e. The lowest BCUT2D eigenvalue weighted by Crippen LogP contribution is -2.34. The fourth-order valence-corrected chi connectivity index (χ4v) is 3.87. The molecule has 1 aliphatic rings. The van der Waals surface area contributed by atoms with Crippen LogP contribution in [0.1, 0.15) is 43.9 Å². The number of aryl methyl sites for hydroxylation is 1. The van der Waals surface area contributed by atoms with Crippen molar-refractivity contribution < 1.29 is 9.53 Å². The van der Waals surface area contributed by atoms with Crippen molar-refractivity contribution in [3.8, 4) is 5.75 Å². The van der Waals surface area contributed by atoms with Gasteiger partial charge in [-0.2, -0.15) is 0 Å². The van der Waals surface area contributed by atoms with Crippen LogP contribution in [-0.2, 0) is 4.79 Å². The molecule has 2 aromatic carbocycles. The molecule has 0 aromatic heterocycles. The minimum atomic E-state index is -0.123. The van der Waals surface area contributed by atoms with Gasteiger partial charge in [0.1, 0.15) is 5.75 Å². The molecule has 0 radical (unpaired) electrons.